The third-order valence-corrected chi connectivity index (χ3v) is 6.69. The highest BCUT2D eigenvalue weighted by Crippen LogP contribution is 2.33. The van der Waals surface area contributed by atoms with Gasteiger partial charge in [-0.25, -0.2) is 4.79 Å². The maximum Gasteiger partial charge on any atom is 0.347 e. The van der Waals surface area contributed by atoms with Gasteiger partial charge < -0.3 is 14.9 Å². The predicted octanol–water partition coefficient (Wildman–Crippen LogP) is 4.41. The monoisotopic (exact) mass is 447 g/mol. The lowest BCUT2D eigenvalue weighted by Gasteiger charge is -2.33. The number of phenolic OH excluding ortho intramolecular Hbond substituents is 1. The molecule has 0 aromatic heterocycles. The molecule has 1 saturated heterocycles. The number of carbonyl (C=O) groups is 1. The van der Waals surface area contributed by atoms with Crippen LogP contribution in [0.1, 0.15) is 37.3 Å². The standard InChI is InChI=1S/C28H33NO4/c1-21-7-5-8-23(17-21)19-29-15-13-22(14-16-29)20-33-27(31)28(32,24-9-3-2-4-10-24)25-11-6-12-26(30)18-25/h2-12,18,21-22,30,32H,13-17,19-20H2,1H3. The fourth-order valence-electron chi connectivity index (χ4n) is 4.76. The van der Waals surface area contributed by atoms with Gasteiger partial charge in [-0.2, -0.15) is 0 Å². The molecule has 2 aromatic rings. The van der Waals surface area contributed by atoms with E-state index in [9.17, 15) is 15.0 Å². The van der Waals surface area contributed by atoms with Crippen molar-refractivity contribution in [1.29, 1.82) is 0 Å². The molecule has 2 aromatic carbocycles. The Hall–Kier alpha value is -2.89. The number of nitrogens with zero attached hydrogens (tertiary/aromatic N) is 1. The van der Waals surface area contributed by atoms with Crippen LogP contribution in [0.2, 0.25) is 0 Å². The van der Waals surface area contributed by atoms with E-state index in [1.807, 2.05) is 6.07 Å². The van der Waals surface area contributed by atoms with E-state index in [0.29, 0.717) is 11.5 Å². The van der Waals surface area contributed by atoms with Crippen LogP contribution < -0.4 is 0 Å². The second-order valence-corrected chi connectivity index (χ2v) is 9.34. The van der Waals surface area contributed by atoms with Crippen molar-refractivity contribution in [2.24, 2.45) is 11.8 Å². The number of ether oxygens (including phenoxy) is 1. The third-order valence-electron chi connectivity index (χ3n) is 6.69. The lowest BCUT2D eigenvalue weighted by molar-refractivity contribution is -0.164. The van der Waals surface area contributed by atoms with E-state index in [1.54, 1.807) is 36.4 Å². The quantitative estimate of drug-likeness (QED) is 0.616. The van der Waals surface area contributed by atoms with Crippen LogP contribution in [0.5, 0.6) is 5.75 Å². The summed E-state index contributed by atoms with van der Waals surface area (Å²) in [6, 6.07) is 14.9. The van der Waals surface area contributed by atoms with Crippen LogP contribution in [0.15, 0.2) is 78.4 Å². The second kappa shape index (κ2) is 10.4. The highest BCUT2D eigenvalue weighted by molar-refractivity contribution is 5.85. The van der Waals surface area contributed by atoms with E-state index in [-0.39, 0.29) is 23.8 Å². The van der Waals surface area contributed by atoms with Gasteiger partial charge in [-0.15, -0.1) is 0 Å². The van der Waals surface area contributed by atoms with Crippen molar-refractivity contribution in [3.8, 4) is 5.75 Å². The molecule has 2 N–H and O–H groups in total. The lowest BCUT2D eigenvalue weighted by atomic mass is 9.86. The molecule has 1 aliphatic heterocycles. The second-order valence-electron chi connectivity index (χ2n) is 9.34. The van der Waals surface area contributed by atoms with Crippen molar-refractivity contribution in [2.45, 2.75) is 31.8 Å². The number of likely N-dealkylation sites (tertiary alicyclic amines) is 1. The van der Waals surface area contributed by atoms with Crippen molar-refractivity contribution in [3.63, 3.8) is 0 Å². The van der Waals surface area contributed by atoms with E-state index < -0.39 is 11.6 Å². The number of aromatic hydroxyl groups is 1. The van der Waals surface area contributed by atoms with Gasteiger partial charge in [0.25, 0.3) is 0 Å². The fraction of sp³-hybridized carbons (Fsp3) is 0.393. The van der Waals surface area contributed by atoms with E-state index >= 15 is 0 Å². The van der Waals surface area contributed by atoms with Gasteiger partial charge in [0, 0.05) is 12.1 Å². The molecule has 2 unspecified atom stereocenters. The van der Waals surface area contributed by atoms with Crippen molar-refractivity contribution in [3.05, 3.63) is 89.5 Å². The molecule has 33 heavy (non-hydrogen) atoms. The zero-order valence-corrected chi connectivity index (χ0v) is 19.2. The number of allylic oxidation sites excluding steroid dienone is 3. The number of benzene rings is 2. The van der Waals surface area contributed by atoms with Gasteiger partial charge in [0.05, 0.1) is 6.61 Å². The molecule has 0 amide bonds. The van der Waals surface area contributed by atoms with Gasteiger partial charge in [0.1, 0.15) is 5.75 Å². The van der Waals surface area contributed by atoms with Crippen molar-refractivity contribution >= 4 is 5.97 Å². The van der Waals surface area contributed by atoms with E-state index in [0.717, 1.165) is 38.9 Å². The zero-order chi connectivity index (χ0) is 23.3. The predicted molar refractivity (Wildman–Crippen MR) is 129 cm³/mol. The SMILES string of the molecule is CC1C=CC=C(CN2CCC(COC(=O)C(O)(c3ccccc3)c3cccc(O)c3)CC2)C1. The number of piperidine rings is 1. The van der Waals surface area contributed by atoms with Crippen molar-refractivity contribution in [2.75, 3.05) is 26.2 Å². The molecule has 5 heteroatoms. The molecule has 1 heterocycles. The normalized spacial score (nSPS) is 21.3. The van der Waals surface area contributed by atoms with Crippen LogP contribution in [-0.4, -0.2) is 47.3 Å². The number of rotatable bonds is 7. The summed E-state index contributed by atoms with van der Waals surface area (Å²) in [6.45, 7) is 5.49. The first-order valence-corrected chi connectivity index (χ1v) is 11.8. The Morgan fingerprint density at radius 2 is 1.82 bits per heavy atom. The van der Waals surface area contributed by atoms with E-state index in [1.165, 1.54) is 17.7 Å². The molecule has 5 nitrogen and oxygen atoms in total. The Bertz CT molecular complexity index is 1010. The van der Waals surface area contributed by atoms with Crippen LogP contribution >= 0.6 is 0 Å². The summed E-state index contributed by atoms with van der Waals surface area (Å²) < 4.78 is 5.69. The van der Waals surface area contributed by atoms with Gasteiger partial charge >= 0.3 is 5.97 Å². The molecule has 2 atom stereocenters. The molecule has 2 aliphatic rings. The smallest absolute Gasteiger partial charge is 0.347 e. The summed E-state index contributed by atoms with van der Waals surface area (Å²) in [5.41, 5.74) is 0.212. The van der Waals surface area contributed by atoms with Crippen molar-refractivity contribution in [1.82, 2.24) is 4.90 Å². The molecule has 1 fully saturated rings. The number of hydrogen-bond donors (Lipinski definition) is 2. The molecule has 174 valence electrons. The summed E-state index contributed by atoms with van der Waals surface area (Å²) >= 11 is 0. The van der Waals surface area contributed by atoms with E-state index in [4.69, 9.17) is 4.74 Å². The first-order valence-electron chi connectivity index (χ1n) is 11.8. The summed E-state index contributed by atoms with van der Waals surface area (Å²) in [7, 11) is 0. The molecule has 1 aliphatic carbocycles. The molecule has 0 spiro atoms. The molecule has 0 bridgehead atoms. The van der Waals surface area contributed by atoms with Gasteiger partial charge in [-0.05, 0) is 61.9 Å². The van der Waals surface area contributed by atoms with Gasteiger partial charge in [-0.1, -0.05) is 73.2 Å². The summed E-state index contributed by atoms with van der Waals surface area (Å²) in [4.78, 5) is 15.7. The fourth-order valence-corrected chi connectivity index (χ4v) is 4.76. The average Bonchev–Trinajstić information content (AvgIpc) is 2.83. The number of carbonyl (C=O) groups excluding carboxylic acids is 1. The van der Waals surface area contributed by atoms with Gasteiger partial charge in [0.15, 0.2) is 0 Å². The Morgan fingerprint density at radius 3 is 2.52 bits per heavy atom. The van der Waals surface area contributed by atoms with Crippen LogP contribution in [0, 0.1) is 11.8 Å². The molecule has 4 rings (SSSR count). The highest BCUT2D eigenvalue weighted by Gasteiger charge is 2.42. The number of aliphatic hydroxyl groups is 1. The number of phenols is 1. The summed E-state index contributed by atoms with van der Waals surface area (Å²) in [6.07, 6.45) is 9.69. The summed E-state index contributed by atoms with van der Waals surface area (Å²) in [5.74, 6) is 0.153. The Kier molecular flexibility index (Phi) is 7.31. The number of esters is 1. The minimum atomic E-state index is -1.97. The zero-order valence-electron chi connectivity index (χ0n) is 19.2. The molecular formula is C28H33NO4. The van der Waals surface area contributed by atoms with Crippen LogP contribution in [0.4, 0.5) is 0 Å². The van der Waals surface area contributed by atoms with Crippen LogP contribution in [0.25, 0.3) is 0 Å². The van der Waals surface area contributed by atoms with Crippen molar-refractivity contribution < 1.29 is 19.7 Å². The number of hydrogen-bond acceptors (Lipinski definition) is 5. The first kappa shape index (κ1) is 23.3. The summed E-state index contributed by atoms with van der Waals surface area (Å²) in [5, 5.41) is 21.4. The van der Waals surface area contributed by atoms with Gasteiger partial charge in [0.2, 0.25) is 5.60 Å². The highest BCUT2D eigenvalue weighted by atomic mass is 16.5. The van der Waals surface area contributed by atoms with Crippen LogP contribution in [-0.2, 0) is 15.1 Å². The maximum atomic E-state index is 13.2. The third kappa shape index (κ3) is 5.55. The molecule has 0 radical (unpaired) electrons. The minimum absolute atomic E-state index is 0.0139. The molecular weight excluding hydrogens is 414 g/mol. The average molecular weight is 448 g/mol. The van der Waals surface area contributed by atoms with Crippen LogP contribution in [0.3, 0.4) is 0 Å². The largest absolute Gasteiger partial charge is 0.508 e. The van der Waals surface area contributed by atoms with Gasteiger partial charge in [-0.3, -0.25) is 4.90 Å². The van der Waals surface area contributed by atoms with E-state index in [2.05, 4.69) is 30.1 Å². The Labute approximate surface area is 196 Å². The minimum Gasteiger partial charge on any atom is -0.508 e. The first-order chi connectivity index (χ1) is 15.9. The topological polar surface area (TPSA) is 70.0 Å². The molecule has 0 saturated carbocycles. The lowest BCUT2D eigenvalue weighted by Crippen LogP contribution is -2.41. The maximum absolute atomic E-state index is 13.2. The Morgan fingerprint density at radius 1 is 1.09 bits per heavy atom. The Balaban J connectivity index is 1.37.